The van der Waals surface area contributed by atoms with Gasteiger partial charge in [-0.2, -0.15) is 0 Å². The van der Waals surface area contributed by atoms with Crippen LogP contribution in [0.1, 0.15) is 210 Å². The third-order valence-electron chi connectivity index (χ3n) is 16.7. The number of allylic oxidation sites excluding steroid dienone is 1. The number of carbonyl (C=O) groups excluding carboxylic acids is 1. The van der Waals surface area contributed by atoms with Gasteiger partial charge in [0.25, 0.3) is 0 Å². The first kappa shape index (κ1) is 39.4. The van der Waals surface area contributed by atoms with Crippen molar-refractivity contribution in [2.45, 2.75) is 222 Å². The smallest absolute Gasteiger partial charge is 0.306 e. The molecule has 0 radical (unpaired) electrons. The quantitative estimate of drug-likeness (QED) is 0.106. The molecule has 4 saturated carbocycles. The number of ether oxygens (including phenoxy) is 1. The maximum Gasteiger partial charge on any atom is 0.306 e. The molecule has 0 heterocycles. The topological polar surface area (TPSA) is 46.5 Å². The van der Waals surface area contributed by atoms with Crippen LogP contribution in [0.25, 0.3) is 0 Å². The highest BCUT2D eigenvalue weighted by molar-refractivity contribution is 5.69. The van der Waals surface area contributed by atoms with E-state index in [-0.39, 0.29) is 39.7 Å². The Morgan fingerprint density at radius 3 is 1.92 bits per heavy atom. The molecule has 0 aromatic carbocycles. The number of aliphatic hydroxyl groups is 1. The number of rotatable bonds is 15. The summed E-state index contributed by atoms with van der Waals surface area (Å²) >= 11 is 0. The van der Waals surface area contributed by atoms with E-state index in [1.807, 2.05) is 0 Å². The van der Waals surface area contributed by atoms with Gasteiger partial charge in [0.05, 0.1) is 6.10 Å². The van der Waals surface area contributed by atoms with E-state index in [2.05, 4.69) is 68.4 Å². The molecule has 0 unspecified atom stereocenters. The van der Waals surface area contributed by atoms with Crippen molar-refractivity contribution in [3.63, 3.8) is 0 Å². The lowest BCUT2D eigenvalue weighted by atomic mass is 9.33. The summed E-state index contributed by atoms with van der Waals surface area (Å²) in [5.41, 5.74) is 2.54. The van der Waals surface area contributed by atoms with Crippen molar-refractivity contribution in [3.8, 4) is 0 Å². The molecule has 0 saturated heterocycles. The Bertz CT molecular complexity index is 1150. The van der Waals surface area contributed by atoms with E-state index >= 15 is 0 Å². The molecule has 5 aliphatic rings. The van der Waals surface area contributed by atoms with Gasteiger partial charge < -0.3 is 9.84 Å². The minimum absolute atomic E-state index is 0.0175. The van der Waals surface area contributed by atoms with Gasteiger partial charge in [0.15, 0.2) is 0 Å². The Morgan fingerprint density at radius 2 is 1.31 bits per heavy atom. The Labute approximate surface area is 304 Å². The third-order valence-corrected chi connectivity index (χ3v) is 16.7. The Balaban J connectivity index is 1.15. The molecule has 0 aromatic heterocycles. The molecule has 5 aliphatic carbocycles. The zero-order valence-electron chi connectivity index (χ0n) is 34.0. The van der Waals surface area contributed by atoms with Crippen LogP contribution in [0.5, 0.6) is 0 Å². The van der Waals surface area contributed by atoms with Gasteiger partial charge in [-0.3, -0.25) is 4.79 Å². The van der Waals surface area contributed by atoms with Gasteiger partial charge in [-0.05, 0) is 103 Å². The predicted octanol–water partition coefficient (Wildman–Crippen LogP) is 13.2. The SMILES string of the molecule is CCCCCCCCCCCCCCCC(=O)O[C@H]1CC[C@]2(C)[C@H]3[C@H](O)C=C4[C@@H]5CC(C)(C)CC[C@]5(C)CC[C@@]4(C)[C@]3(C)CC[C@H]2C1(C)C. The van der Waals surface area contributed by atoms with Crippen LogP contribution >= 0.6 is 0 Å². The van der Waals surface area contributed by atoms with E-state index in [1.165, 1.54) is 116 Å². The first-order chi connectivity index (χ1) is 23.0. The molecule has 282 valence electrons. The lowest BCUT2D eigenvalue weighted by molar-refractivity contribution is -0.230. The highest BCUT2D eigenvalue weighted by atomic mass is 16.5. The second kappa shape index (κ2) is 15.3. The monoisotopic (exact) mass is 681 g/mol. The number of carbonyl (C=O) groups is 1. The van der Waals surface area contributed by atoms with E-state index in [0.29, 0.717) is 29.1 Å². The van der Waals surface area contributed by atoms with Gasteiger partial charge in [0.1, 0.15) is 6.10 Å². The fourth-order valence-electron chi connectivity index (χ4n) is 13.3. The maximum absolute atomic E-state index is 13.2. The molecule has 49 heavy (non-hydrogen) atoms. The first-order valence-electron chi connectivity index (χ1n) is 21.6. The summed E-state index contributed by atoms with van der Waals surface area (Å²) in [4.78, 5) is 13.2. The number of hydrogen-bond acceptors (Lipinski definition) is 3. The Hall–Kier alpha value is -0.830. The second-order valence-electron chi connectivity index (χ2n) is 20.8. The number of hydrogen-bond donors (Lipinski definition) is 1. The van der Waals surface area contributed by atoms with Crippen LogP contribution in [-0.2, 0) is 9.53 Å². The molecule has 0 amide bonds. The minimum Gasteiger partial charge on any atom is -0.462 e. The molecule has 1 N–H and O–H groups in total. The van der Waals surface area contributed by atoms with Crippen molar-refractivity contribution in [1.29, 1.82) is 0 Å². The Morgan fingerprint density at radius 1 is 0.735 bits per heavy atom. The molecule has 3 nitrogen and oxygen atoms in total. The van der Waals surface area contributed by atoms with Crippen LogP contribution in [-0.4, -0.2) is 23.3 Å². The molecule has 3 heteroatoms. The number of aliphatic hydroxyl groups excluding tert-OH is 1. The highest BCUT2D eigenvalue weighted by Gasteiger charge is 2.70. The summed E-state index contributed by atoms with van der Waals surface area (Å²) in [6, 6.07) is 0. The fourth-order valence-corrected chi connectivity index (χ4v) is 13.3. The van der Waals surface area contributed by atoms with E-state index in [4.69, 9.17) is 4.74 Å². The summed E-state index contributed by atoms with van der Waals surface area (Å²) in [5.74, 6) is 1.30. The van der Waals surface area contributed by atoms with Crippen LogP contribution < -0.4 is 0 Å². The predicted molar refractivity (Wildman–Crippen MR) is 206 cm³/mol. The van der Waals surface area contributed by atoms with Crippen molar-refractivity contribution in [3.05, 3.63) is 11.6 Å². The molecule has 0 spiro atoms. The van der Waals surface area contributed by atoms with Crippen LogP contribution in [0.2, 0.25) is 0 Å². The van der Waals surface area contributed by atoms with Gasteiger partial charge in [0.2, 0.25) is 0 Å². The fraction of sp³-hybridized carbons (Fsp3) is 0.935. The first-order valence-corrected chi connectivity index (χ1v) is 21.6. The minimum atomic E-state index is -0.390. The number of esters is 1. The zero-order chi connectivity index (χ0) is 35.7. The lowest BCUT2D eigenvalue weighted by Crippen LogP contribution is -2.67. The van der Waals surface area contributed by atoms with Crippen molar-refractivity contribution in [1.82, 2.24) is 0 Å². The van der Waals surface area contributed by atoms with Crippen molar-refractivity contribution in [2.24, 2.45) is 50.2 Å². The Kier molecular flexibility index (Phi) is 12.3. The van der Waals surface area contributed by atoms with E-state index in [9.17, 15) is 9.90 Å². The summed E-state index contributed by atoms with van der Waals surface area (Å²) in [6.07, 6.45) is 30.5. The zero-order valence-corrected chi connectivity index (χ0v) is 34.0. The van der Waals surface area contributed by atoms with Crippen LogP contribution in [0, 0.1) is 50.2 Å². The number of fused-ring (bicyclic) bond motifs is 7. The van der Waals surface area contributed by atoms with Crippen LogP contribution in [0.15, 0.2) is 11.6 Å². The molecule has 5 rings (SSSR count). The van der Waals surface area contributed by atoms with Crippen molar-refractivity contribution >= 4 is 5.97 Å². The molecular weight excluding hydrogens is 601 g/mol. The molecule has 0 aliphatic heterocycles. The average Bonchev–Trinajstić information content (AvgIpc) is 3.02. The normalized spacial score (nSPS) is 40.7. The number of unbranched alkanes of at least 4 members (excludes halogenated alkanes) is 12. The highest BCUT2D eigenvalue weighted by Crippen LogP contribution is 2.75. The van der Waals surface area contributed by atoms with E-state index in [1.54, 1.807) is 5.57 Å². The molecule has 9 atom stereocenters. The summed E-state index contributed by atoms with van der Waals surface area (Å²) < 4.78 is 6.38. The van der Waals surface area contributed by atoms with Gasteiger partial charge in [-0.1, -0.05) is 151 Å². The maximum atomic E-state index is 13.2. The van der Waals surface area contributed by atoms with Crippen molar-refractivity contribution in [2.75, 3.05) is 0 Å². The van der Waals surface area contributed by atoms with Gasteiger partial charge in [-0.25, -0.2) is 0 Å². The summed E-state index contributed by atoms with van der Waals surface area (Å²) in [5, 5.41) is 12.3. The largest absolute Gasteiger partial charge is 0.462 e. The summed E-state index contributed by atoms with van der Waals surface area (Å²) in [6.45, 7) is 22.3. The third kappa shape index (κ3) is 7.65. The standard InChI is InChI=1S/C46H80O3/c1-10-11-12-13-14-15-16-17-18-19-20-21-22-23-39(48)49-38-25-26-44(7)37(42(38,4)5)24-27-46(9)40(44)36(47)32-34-35-33-41(2,3)28-29-43(35,6)30-31-45(34,46)8/h32,35-38,40,47H,10-31,33H2,1-9H3/t35-,36+,37-,38-,40+,43+,44-,45+,46+/m0/s1. The average molecular weight is 681 g/mol. The molecular formula is C46H80O3. The van der Waals surface area contributed by atoms with Gasteiger partial charge in [0, 0.05) is 17.8 Å². The molecule has 4 fully saturated rings. The lowest BCUT2D eigenvalue weighted by Gasteiger charge is -2.72. The van der Waals surface area contributed by atoms with Gasteiger partial charge in [-0.15, -0.1) is 0 Å². The second-order valence-corrected chi connectivity index (χ2v) is 20.8. The van der Waals surface area contributed by atoms with Crippen LogP contribution in [0.4, 0.5) is 0 Å². The molecule has 0 bridgehead atoms. The van der Waals surface area contributed by atoms with Gasteiger partial charge >= 0.3 is 5.97 Å². The molecule has 0 aromatic rings. The van der Waals surface area contributed by atoms with E-state index in [0.717, 1.165) is 25.7 Å². The van der Waals surface area contributed by atoms with Crippen LogP contribution in [0.3, 0.4) is 0 Å². The van der Waals surface area contributed by atoms with E-state index < -0.39 is 6.10 Å². The summed E-state index contributed by atoms with van der Waals surface area (Å²) in [7, 11) is 0. The van der Waals surface area contributed by atoms with Crippen molar-refractivity contribution < 1.29 is 14.6 Å².